The lowest BCUT2D eigenvalue weighted by Crippen LogP contribution is -2.10. The van der Waals surface area contributed by atoms with Gasteiger partial charge in [0.15, 0.2) is 0 Å². The van der Waals surface area contributed by atoms with Crippen molar-refractivity contribution < 1.29 is 9.05 Å². The highest BCUT2D eigenvalue weighted by atomic mass is 32.5. The SMILES string of the molecule is CCCCOP(N)(=S)OC(=N)SC(C)CC. The molecule has 4 nitrogen and oxygen atoms in total. The summed E-state index contributed by atoms with van der Waals surface area (Å²) in [4.78, 5) is 0. The fraction of sp³-hybridized carbons (Fsp3) is 0.889. The highest BCUT2D eigenvalue weighted by Gasteiger charge is 2.17. The van der Waals surface area contributed by atoms with Crippen molar-refractivity contribution in [2.24, 2.45) is 5.50 Å². The van der Waals surface area contributed by atoms with Crippen LogP contribution in [0.4, 0.5) is 0 Å². The van der Waals surface area contributed by atoms with E-state index in [1.807, 2.05) is 6.92 Å². The van der Waals surface area contributed by atoms with Crippen molar-refractivity contribution in [3.63, 3.8) is 0 Å². The van der Waals surface area contributed by atoms with Crippen molar-refractivity contribution in [1.29, 1.82) is 5.41 Å². The maximum absolute atomic E-state index is 7.60. The molecule has 0 saturated carbocycles. The molecule has 0 heterocycles. The third kappa shape index (κ3) is 8.53. The first kappa shape index (κ1) is 16.4. The van der Waals surface area contributed by atoms with Crippen LogP contribution in [0.15, 0.2) is 0 Å². The third-order valence-corrected chi connectivity index (χ3v) is 4.54. The summed E-state index contributed by atoms with van der Waals surface area (Å²) in [6.45, 7) is 3.89. The third-order valence-electron chi connectivity index (χ3n) is 1.86. The number of hydrogen-bond acceptors (Lipinski definition) is 5. The minimum absolute atomic E-state index is 0.0664. The molecule has 0 aromatic heterocycles. The number of unbranched alkanes of at least 4 members (excludes halogenated alkanes) is 1. The van der Waals surface area contributed by atoms with Crippen LogP contribution in [-0.4, -0.2) is 17.1 Å². The molecule has 16 heavy (non-hydrogen) atoms. The van der Waals surface area contributed by atoms with Gasteiger partial charge in [0.05, 0.1) is 6.61 Å². The summed E-state index contributed by atoms with van der Waals surface area (Å²) >= 11 is 6.34. The number of nitrogens with one attached hydrogen (secondary N) is 1. The van der Waals surface area contributed by atoms with Gasteiger partial charge in [0, 0.05) is 5.25 Å². The molecule has 7 heteroatoms. The van der Waals surface area contributed by atoms with E-state index in [0.29, 0.717) is 11.9 Å². The second kappa shape index (κ2) is 8.48. The second-order valence-electron chi connectivity index (χ2n) is 3.44. The average Bonchev–Trinajstić information content (AvgIpc) is 2.16. The van der Waals surface area contributed by atoms with E-state index < -0.39 is 6.64 Å². The van der Waals surface area contributed by atoms with Crippen molar-refractivity contribution in [1.82, 2.24) is 0 Å². The van der Waals surface area contributed by atoms with Crippen LogP contribution in [0.25, 0.3) is 0 Å². The molecule has 0 radical (unpaired) electrons. The van der Waals surface area contributed by atoms with Gasteiger partial charge in [-0.05, 0) is 24.6 Å². The Morgan fingerprint density at radius 1 is 1.56 bits per heavy atom. The Kier molecular flexibility index (Phi) is 8.68. The van der Waals surface area contributed by atoms with E-state index in [0.717, 1.165) is 19.3 Å². The van der Waals surface area contributed by atoms with Crippen molar-refractivity contribution in [2.45, 2.75) is 45.3 Å². The van der Waals surface area contributed by atoms with E-state index in [9.17, 15) is 0 Å². The van der Waals surface area contributed by atoms with E-state index in [1.54, 1.807) is 0 Å². The van der Waals surface area contributed by atoms with Crippen LogP contribution in [0.5, 0.6) is 0 Å². The van der Waals surface area contributed by atoms with Gasteiger partial charge in [-0.2, -0.15) is 0 Å². The Morgan fingerprint density at radius 2 is 2.19 bits per heavy atom. The van der Waals surface area contributed by atoms with Crippen LogP contribution in [0.2, 0.25) is 0 Å². The monoisotopic (exact) mass is 284 g/mol. The van der Waals surface area contributed by atoms with Gasteiger partial charge in [-0.15, -0.1) is 0 Å². The molecular formula is C9H21N2O2PS2. The first-order chi connectivity index (χ1) is 7.41. The largest absolute Gasteiger partial charge is 0.409 e. The molecule has 0 bridgehead atoms. The van der Waals surface area contributed by atoms with Crippen molar-refractivity contribution in [3.05, 3.63) is 0 Å². The highest BCUT2D eigenvalue weighted by molar-refractivity contribution is 8.15. The van der Waals surface area contributed by atoms with Gasteiger partial charge >= 0.3 is 6.64 Å². The average molecular weight is 284 g/mol. The molecule has 96 valence electrons. The minimum Gasteiger partial charge on any atom is -0.409 e. The summed E-state index contributed by atoms with van der Waals surface area (Å²) in [6.07, 6.45) is 2.90. The maximum atomic E-state index is 7.60. The Balaban J connectivity index is 3.95. The molecule has 0 aliphatic heterocycles. The molecule has 0 aromatic carbocycles. The van der Waals surface area contributed by atoms with Crippen LogP contribution in [0, 0.1) is 5.41 Å². The van der Waals surface area contributed by atoms with Crippen LogP contribution < -0.4 is 5.50 Å². The molecule has 0 aromatic rings. The molecule has 0 saturated heterocycles. The Morgan fingerprint density at radius 3 is 2.69 bits per heavy atom. The van der Waals surface area contributed by atoms with Gasteiger partial charge in [-0.3, -0.25) is 5.41 Å². The van der Waals surface area contributed by atoms with Gasteiger partial charge in [-0.25, -0.2) is 5.50 Å². The number of rotatable bonds is 7. The van der Waals surface area contributed by atoms with Crippen LogP contribution >= 0.6 is 18.4 Å². The molecule has 2 atom stereocenters. The van der Waals surface area contributed by atoms with Crippen molar-refractivity contribution in [2.75, 3.05) is 6.61 Å². The number of nitrogens with two attached hydrogens (primary N) is 1. The fourth-order valence-corrected chi connectivity index (χ4v) is 3.06. The minimum atomic E-state index is -2.76. The zero-order valence-corrected chi connectivity index (χ0v) is 12.6. The Labute approximate surface area is 107 Å². The second-order valence-corrected chi connectivity index (χ2v) is 7.90. The summed E-state index contributed by atoms with van der Waals surface area (Å²) in [5, 5.41) is 8.00. The molecule has 0 fully saturated rings. The molecular weight excluding hydrogens is 263 g/mol. The van der Waals surface area contributed by atoms with Gasteiger partial charge in [0.1, 0.15) is 0 Å². The lowest BCUT2D eigenvalue weighted by Gasteiger charge is -2.19. The molecule has 0 aliphatic rings. The molecule has 0 amide bonds. The lowest BCUT2D eigenvalue weighted by atomic mass is 10.4. The lowest BCUT2D eigenvalue weighted by molar-refractivity contribution is 0.303. The predicted octanol–water partition coefficient (Wildman–Crippen LogP) is 3.47. The van der Waals surface area contributed by atoms with Crippen molar-refractivity contribution >= 4 is 35.4 Å². The molecule has 0 rings (SSSR count). The molecule has 0 spiro atoms. The van der Waals surface area contributed by atoms with Crippen LogP contribution in [0.1, 0.15) is 40.0 Å². The summed E-state index contributed by atoms with van der Waals surface area (Å²) in [7, 11) is 0. The van der Waals surface area contributed by atoms with Gasteiger partial charge in [0.25, 0.3) is 0 Å². The van der Waals surface area contributed by atoms with Gasteiger partial charge in [-0.1, -0.05) is 39.0 Å². The summed E-state index contributed by atoms with van der Waals surface area (Å²) in [5.74, 6) is 0. The van der Waals surface area contributed by atoms with E-state index >= 15 is 0 Å². The molecule has 0 aliphatic carbocycles. The molecule has 3 N–H and O–H groups in total. The quantitative estimate of drug-likeness (QED) is 0.324. The Hall–Kier alpha value is 0.390. The number of hydrogen-bond donors (Lipinski definition) is 2. The van der Waals surface area contributed by atoms with Crippen LogP contribution in [0.3, 0.4) is 0 Å². The molecule has 2 unspecified atom stereocenters. The van der Waals surface area contributed by atoms with Crippen molar-refractivity contribution in [3.8, 4) is 0 Å². The Bertz CT molecular complexity index is 264. The highest BCUT2D eigenvalue weighted by Crippen LogP contribution is 2.41. The van der Waals surface area contributed by atoms with Gasteiger partial charge < -0.3 is 9.05 Å². The van der Waals surface area contributed by atoms with E-state index in [-0.39, 0.29) is 5.23 Å². The number of thioether (sulfide) groups is 1. The summed E-state index contributed by atoms with van der Waals surface area (Å²) < 4.78 is 10.5. The first-order valence-corrected chi connectivity index (χ1v) is 8.98. The zero-order valence-electron chi connectivity index (χ0n) is 10.1. The summed E-state index contributed by atoms with van der Waals surface area (Å²) in [6, 6.07) is 0. The standard InChI is InChI=1S/C9H21N2O2PS2/c1-4-6-7-12-14(11,15)13-9(10)16-8(3)5-2/h8,10H,4-7H2,1-3H3,(H2,11,15). The smallest absolute Gasteiger partial charge is 0.311 e. The zero-order chi connectivity index (χ0) is 12.6. The van der Waals surface area contributed by atoms with Crippen LogP contribution in [-0.2, 0) is 20.9 Å². The fourth-order valence-electron chi connectivity index (χ4n) is 0.766. The maximum Gasteiger partial charge on any atom is 0.311 e. The summed E-state index contributed by atoms with van der Waals surface area (Å²) in [5.41, 5.74) is 5.70. The van der Waals surface area contributed by atoms with E-state index in [2.05, 4.69) is 13.8 Å². The van der Waals surface area contributed by atoms with Gasteiger partial charge in [0.2, 0.25) is 5.23 Å². The topological polar surface area (TPSA) is 68.3 Å². The first-order valence-electron chi connectivity index (χ1n) is 5.39. The van der Waals surface area contributed by atoms with E-state index in [4.69, 9.17) is 31.8 Å². The van der Waals surface area contributed by atoms with E-state index in [1.165, 1.54) is 11.8 Å². The normalized spacial score (nSPS) is 16.5. The predicted molar refractivity (Wildman–Crippen MR) is 75.5 cm³/mol.